The molecule has 1 unspecified atom stereocenters. The van der Waals surface area contributed by atoms with E-state index in [0.717, 1.165) is 6.42 Å². The zero-order chi connectivity index (χ0) is 30.1. The fourth-order valence-corrected chi connectivity index (χ4v) is 5.74. The lowest BCUT2D eigenvalue weighted by molar-refractivity contribution is 0.0981. The number of halogens is 1. The normalized spacial score (nSPS) is 16.6. The van der Waals surface area contributed by atoms with Crippen LogP contribution in [0, 0.1) is 24.6 Å². The van der Waals surface area contributed by atoms with E-state index in [2.05, 4.69) is 30.5 Å². The van der Waals surface area contributed by atoms with Gasteiger partial charge in [-0.1, -0.05) is 20.8 Å². The molecule has 1 atom stereocenters. The number of carbonyl (C=O) groups excluding carboxylic acids is 1. The number of ether oxygens (including phenoxy) is 2. The van der Waals surface area contributed by atoms with E-state index in [-0.39, 0.29) is 33.8 Å². The van der Waals surface area contributed by atoms with Crippen LogP contribution in [0.2, 0.25) is 0 Å². The number of benzene rings is 1. The van der Waals surface area contributed by atoms with Crippen molar-refractivity contribution in [1.82, 2.24) is 14.7 Å². The number of hydrogen-bond acceptors (Lipinski definition) is 8. The number of carbonyl (C=O) groups is 1. The van der Waals surface area contributed by atoms with Gasteiger partial charge >= 0.3 is 0 Å². The molecule has 0 radical (unpaired) electrons. The number of aryl methyl sites for hydroxylation is 1. The van der Waals surface area contributed by atoms with Gasteiger partial charge in [0.25, 0.3) is 15.9 Å². The Morgan fingerprint density at radius 2 is 1.90 bits per heavy atom. The largest absolute Gasteiger partial charge is 0.493 e. The van der Waals surface area contributed by atoms with E-state index in [1.54, 1.807) is 25.1 Å². The molecule has 3 heterocycles. The molecule has 0 bridgehead atoms. The number of amides is 1. The smallest absolute Gasteiger partial charge is 0.281 e. The summed E-state index contributed by atoms with van der Waals surface area (Å²) in [5, 5.41) is -0.336. The number of anilines is 1. The predicted molar refractivity (Wildman–Crippen MR) is 155 cm³/mol. The van der Waals surface area contributed by atoms with Gasteiger partial charge in [-0.2, -0.15) is 13.4 Å². The minimum atomic E-state index is -4.33. The minimum Gasteiger partial charge on any atom is -0.493 e. The quantitative estimate of drug-likeness (QED) is 0.357. The average Bonchev–Trinajstić information content (AvgIpc) is 3.17. The summed E-state index contributed by atoms with van der Waals surface area (Å²) >= 11 is 0. The van der Waals surface area contributed by atoms with Crippen LogP contribution in [0.4, 0.5) is 10.2 Å². The molecule has 11 heteroatoms. The second-order valence-corrected chi connectivity index (χ2v) is 13.0. The number of rotatable bonds is 9. The molecule has 41 heavy (non-hydrogen) atoms. The number of pyridine rings is 2. The molecular weight excluding hydrogens is 547 g/mol. The van der Waals surface area contributed by atoms with Crippen LogP contribution in [0.3, 0.4) is 0 Å². The first-order chi connectivity index (χ1) is 19.2. The summed E-state index contributed by atoms with van der Waals surface area (Å²) in [6, 6.07) is 10.4. The number of sulfonamides is 1. The highest BCUT2D eigenvalue weighted by atomic mass is 32.2. The van der Waals surface area contributed by atoms with Crippen LogP contribution in [0.1, 0.15) is 57.0 Å². The van der Waals surface area contributed by atoms with Gasteiger partial charge in [-0.25, -0.2) is 14.1 Å². The van der Waals surface area contributed by atoms with Crippen LogP contribution in [0.5, 0.6) is 11.6 Å². The summed E-state index contributed by atoms with van der Waals surface area (Å²) in [7, 11) is -2.95. The molecule has 4 rings (SSSR count). The first-order valence-electron chi connectivity index (χ1n) is 13.5. The fourth-order valence-electron chi connectivity index (χ4n) is 4.73. The summed E-state index contributed by atoms with van der Waals surface area (Å²) in [6.07, 6.45) is 0.860. The molecule has 0 spiro atoms. The molecule has 220 valence electrons. The summed E-state index contributed by atoms with van der Waals surface area (Å²) in [5.74, 6) is 0.0157. The molecule has 3 aromatic rings. The Balaban J connectivity index is 1.77. The van der Waals surface area contributed by atoms with Crippen LogP contribution in [0.15, 0.2) is 47.5 Å². The van der Waals surface area contributed by atoms with Crippen molar-refractivity contribution >= 4 is 21.7 Å². The predicted octanol–water partition coefficient (Wildman–Crippen LogP) is 5.38. The highest BCUT2D eigenvalue weighted by molar-refractivity contribution is 7.90. The number of methoxy groups -OCH3 is 1. The monoisotopic (exact) mass is 584 g/mol. The van der Waals surface area contributed by atoms with E-state index < -0.39 is 21.7 Å². The van der Waals surface area contributed by atoms with Crippen molar-refractivity contribution in [1.29, 1.82) is 0 Å². The Morgan fingerprint density at radius 1 is 1.17 bits per heavy atom. The van der Waals surface area contributed by atoms with E-state index in [9.17, 15) is 17.6 Å². The Labute approximate surface area is 241 Å². The lowest BCUT2D eigenvalue weighted by Crippen LogP contribution is -2.43. The third-order valence-electron chi connectivity index (χ3n) is 7.45. The number of nitrogens with zero attached hydrogens (tertiary/aromatic N) is 3. The van der Waals surface area contributed by atoms with Crippen LogP contribution in [-0.2, 0) is 10.0 Å². The maximum Gasteiger partial charge on any atom is 0.281 e. The van der Waals surface area contributed by atoms with Gasteiger partial charge in [0.05, 0.1) is 25.0 Å². The van der Waals surface area contributed by atoms with Gasteiger partial charge in [0.15, 0.2) is 5.03 Å². The van der Waals surface area contributed by atoms with Crippen LogP contribution in [0.25, 0.3) is 11.3 Å². The Hall–Kier alpha value is -3.73. The zero-order valence-electron chi connectivity index (χ0n) is 24.5. The van der Waals surface area contributed by atoms with E-state index >= 15 is 0 Å². The Kier molecular flexibility index (Phi) is 8.58. The van der Waals surface area contributed by atoms with Crippen molar-refractivity contribution in [2.45, 2.75) is 58.5 Å². The van der Waals surface area contributed by atoms with E-state index in [1.807, 2.05) is 18.7 Å². The zero-order valence-corrected chi connectivity index (χ0v) is 25.3. The van der Waals surface area contributed by atoms with Crippen LogP contribution in [-0.4, -0.2) is 50.1 Å². The van der Waals surface area contributed by atoms with E-state index in [4.69, 9.17) is 14.5 Å². The summed E-state index contributed by atoms with van der Waals surface area (Å²) in [5.41, 5.74) is 1.21. The van der Waals surface area contributed by atoms with Crippen molar-refractivity contribution in [2.24, 2.45) is 11.8 Å². The van der Waals surface area contributed by atoms with Gasteiger partial charge in [-0.15, -0.1) is 0 Å². The fraction of sp³-hybridized carbons (Fsp3) is 0.433. The topological polar surface area (TPSA) is 111 Å². The summed E-state index contributed by atoms with van der Waals surface area (Å²) in [4.78, 5) is 24.4. The summed E-state index contributed by atoms with van der Waals surface area (Å²) < 4.78 is 53.9. The second-order valence-electron chi connectivity index (χ2n) is 11.4. The molecule has 0 saturated carbocycles. The molecule has 0 aliphatic carbocycles. The van der Waals surface area contributed by atoms with Crippen molar-refractivity contribution in [3.05, 3.63) is 59.4 Å². The lowest BCUT2D eigenvalue weighted by atomic mass is 9.90. The minimum absolute atomic E-state index is 0.0757. The maximum atomic E-state index is 14.6. The standard InChI is InChI=1S/C30H37FN4O5S/c1-18(2)17-40-23-15-21(14-22(31)16-23)25-9-8-24(28(32-25)35-11-10-20(4)30(35,5)6)29(36)34-41(37,38)27-13-19(3)12-26(33-27)39-7/h8-9,12-16,18,20H,10-11,17H2,1-7H3,(H,34,36). The third kappa shape index (κ3) is 6.61. The van der Waals surface area contributed by atoms with Gasteiger partial charge in [-0.05, 0) is 74.9 Å². The molecule has 1 amide bonds. The number of nitrogens with one attached hydrogen (secondary N) is 1. The molecule has 2 aromatic heterocycles. The SMILES string of the molecule is COc1cc(C)cc(S(=O)(=O)NC(=O)c2ccc(-c3cc(F)cc(OCC(C)C)c3)nc2N2CCC(C)C2(C)C)n1. The molecule has 9 nitrogen and oxygen atoms in total. The third-order valence-corrected chi connectivity index (χ3v) is 8.66. The second kappa shape index (κ2) is 11.6. The van der Waals surface area contributed by atoms with Gasteiger partial charge in [0.1, 0.15) is 17.4 Å². The van der Waals surface area contributed by atoms with Crippen molar-refractivity contribution in [2.75, 3.05) is 25.2 Å². The molecule has 1 aromatic carbocycles. The van der Waals surface area contributed by atoms with Gasteiger partial charge in [-0.3, -0.25) is 4.79 Å². The highest BCUT2D eigenvalue weighted by Crippen LogP contribution is 2.39. The van der Waals surface area contributed by atoms with Crippen molar-refractivity contribution < 1.29 is 27.1 Å². The molecule has 1 aliphatic heterocycles. The Morgan fingerprint density at radius 3 is 2.54 bits per heavy atom. The van der Waals surface area contributed by atoms with Crippen LogP contribution < -0.4 is 19.1 Å². The molecule has 1 aliphatic rings. The maximum absolute atomic E-state index is 14.6. The number of aromatic nitrogens is 2. The molecule has 1 saturated heterocycles. The van der Waals surface area contributed by atoms with E-state index in [1.165, 1.54) is 31.4 Å². The van der Waals surface area contributed by atoms with Gasteiger partial charge in [0.2, 0.25) is 5.88 Å². The van der Waals surface area contributed by atoms with Crippen molar-refractivity contribution in [3.63, 3.8) is 0 Å². The lowest BCUT2D eigenvalue weighted by Gasteiger charge is -2.36. The first kappa shape index (κ1) is 30.2. The first-order valence-corrected chi connectivity index (χ1v) is 15.0. The van der Waals surface area contributed by atoms with Crippen molar-refractivity contribution in [3.8, 4) is 22.9 Å². The summed E-state index contributed by atoms with van der Waals surface area (Å²) in [6.45, 7) is 13.0. The number of hydrogen-bond donors (Lipinski definition) is 1. The molecular formula is C30H37FN4O5S. The molecule has 1 fully saturated rings. The van der Waals surface area contributed by atoms with Gasteiger partial charge < -0.3 is 14.4 Å². The molecule has 1 N–H and O–H groups in total. The Bertz CT molecular complexity index is 1560. The van der Waals surface area contributed by atoms with Gasteiger partial charge in [0, 0.05) is 29.8 Å². The highest BCUT2D eigenvalue weighted by Gasteiger charge is 2.41. The average molecular weight is 585 g/mol. The van der Waals surface area contributed by atoms with Crippen LogP contribution >= 0.6 is 0 Å². The van der Waals surface area contributed by atoms with E-state index in [0.29, 0.717) is 41.5 Å².